The zero-order valence-corrected chi connectivity index (χ0v) is 16.3. The molecule has 6 nitrogen and oxygen atoms in total. The van der Waals surface area contributed by atoms with E-state index < -0.39 is 0 Å². The zero-order valence-electron chi connectivity index (χ0n) is 16.3. The van der Waals surface area contributed by atoms with Crippen LogP contribution in [0.4, 0.5) is 4.39 Å². The van der Waals surface area contributed by atoms with E-state index in [1.54, 1.807) is 27.9 Å². The Morgan fingerprint density at radius 1 is 1.30 bits per heavy atom. The number of aromatic nitrogens is 2. The van der Waals surface area contributed by atoms with Gasteiger partial charge in [-0.25, -0.2) is 9.07 Å². The fourth-order valence-electron chi connectivity index (χ4n) is 3.46. The van der Waals surface area contributed by atoms with Crippen LogP contribution in [0.5, 0.6) is 0 Å². The highest BCUT2D eigenvalue weighted by Gasteiger charge is 2.23. The molecule has 0 spiro atoms. The van der Waals surface area contributed by atoms with Crippen LogP contribution in [0.25, 0.3) is 5.69 Å². The minimum atomic E-state index is -0.273. The van der Waals surface area contributed by atoms with E-state index in [9.17, 15) is 9.18 Å². The Kier molecular flexibility index (Phi) is 6.23. The lowest BCUT2D eigenvalue weighted by Crippen LogP contribution is -2.37. The Bertz CT molecular complexity index is 760. The van der Waals surface area contributed by atoms with Crippen molar-refractivity contribution in [2.75, 3.05) is 40.8 Å². The molecule has 0 bridgehead atoms. The van der Waals surface area contributed by atoms with Crippen molar-refractivity contribution in [3.63, 3.8) is 0 Å². The number of carbonyl (C=O) groups is 1. The lowest BCUT2D eigenvalue weighted by atomic mass is 10.2. The van der Waals surface area contributed by atoms with E-state index in [1.807, 2.05) is 13.2 Å². The molecule has 3 rings (SSSR count). The van der Waals surface area contributed by atoms with Gasteiger partial charge in [0, 0.05) is 50.9 Å². The molecular weight excluding hydrogens is 345 g/mol. The molecule has 0 radical (unpaired) electrons. The largest absolute Gasteiger partial charge is 0.341 e. The molecule has 7 heteroatoms. The van der Waals surface area contributed by atoms with Gasteiger partial charge in [-0.3, -0.25) is 4.79 Å². The van der Waals surface area contributed by atoms with E-state index >= 15 is 0 Å². The molecule has 1 aromatic carbocycles. The van der Waals surface area contributed by atoms with E-state index in [0.717, 1.165) is 30.9 Å². The van der Waals surface area contributed by atoms with Gasteiger partial charge in [-0.1, -0.05) is 0 Å². The summed E-state index contributed by atoms with van der Waals surface area (Å²) in [5, 5.41) is 4.31. The first-order valence-electron chi connectivity index (χ1n) is 9.34. The lowest BCUT2D eigenvalue weighted by Gasteiger charge is -2.25. The van der Waals surface area contributed by atoms with Crippen LogP contribution in [0.2, 0.25) is 0 Å². The highest BCUT2D eigenvalue weighted by molar-refractivity contribution is 5.76. The fraction of sp³-hybridized carbons (Fsp3) is 0.500. The number of nitrogens with zero attached hydrogens (tertiary/aromatic N) is 5. The molecule has 1 aliphatic rings. The van der Waals surface area contributed by atoms with E-state index in [2.05, 4.69) is 29.0 Å². The molecule has 2 aromatic rings. The molecule has 1 saturated heterocycles. The van der Waals surface area contributed by atoms with E-state index in [0.29, 0.717) is 19.0 Å². The Labute approximate surface area is 160 Å². The average Bonchev–Trinajstić information content (AvgIpc) is 3.29. The van der Waals surface area contributed by atoms with Crippen LogP contribution in [-0.4, -0.2) is 77.2 Å². The topological polar surface area (TPSA) is 44.6 Å². The highest BCUT2D eigenvalue weighted by atomic mass is 19.1. The molecule has 0 saturated carbocycles. The van der Waals surface area contributed by atoms with Gasteiger partial charge in [0.15, 0.2) is 0 Å². The third kappa shape index (κ3) is 5.14. The number of benzene rings is 1. The standard InChI is InChI=1S/C20H28FN5O/c1-23-10-8-19(15-23)24(2)11-9-20(27)25(3)13-16-12-22-26(14-16)18-6-4-17(21)5-7-18/h4-7,12,14,19H,8-11,13,15H2,1-3H3. The number of hydrogen-bond donors (Lipinski definition) is 0. The van der Waals surface area contributed by atoms with Gasteiger partial charge in [0.25, 0.3) is 0 Å². The number of likely N-dealkylation sites (tertiary alicyclic amines) is 1. The summed E-state index contributed by atoms with van der Waals surface area (Å²) >= 11 is 0. The van der Waals surface area contributed by atoms with Crippen molar-refractivity contribution in [3.05, 3.63) is 48.0 Å². The van der Waals surface area contributed by atoms with Gasteiger partial charge in [-0.05, 0) is 51.3 Å². The first-order chi connectivity index (χ1) is 12.9. The number of halogens is 1. The van der Waals surface area contributed by atoms with Gasteiger partial charge in [0.05, 0.1) is 11.9 Å². The fourth-order valence-corrected chi connectivity index (χ4v) is 3.46. The molecule has 1 aromatic heterocycles. The predicted molar refractivity (Wildman–Crippen MR) is 103 cm³/mol. The van der Waals surface area contributed by atoms with Crippen LogP contribution in [0.1, 0.15) is 18.4 Å². The number of rotatable bonds is 7. The second-order valence-electron chi connectivity index (χ2n) is 7.45. The summed E-state index contributed by atoms with van der Waals surface area (Å²) in [4.78, 5) is 18.8. The van der Waals surface area contributed by atoms with Gasteiger partial charge in [-0.2, -0.15) is 5.10 Å². The van der Waals surface area contributed by atoms with Crippen molar-refractivity contribution >= 4 is 5.91 Å². The average molecular weight is 373 g/mol. The number of likely N-dealkylation sites (N-methyl/N-ethyl adjacent to an activating group) is 2. The van der Waals surface area contributed by atoms with Gasteiger partial charge in [-0.15, -0.1) is 0 Å². The predicted octanol–water partition coefficient (Wildman–Crippen LogP) is 2.00. The summed E-state index contributed by atoms with van der Waals surface area (Å²) < 4.78 is 14.7. The summed E-state index contributed by atoms with van der Waals surface area (Å²) in [7, 11) is 6.06. The molecule has 1 aliphatic heterocycles. The van der Waals surface area contributed by atoms with Gasteiger partial charge >= 0.3 is 0 Å². The van der Waals surface area contributed by atoms with Crippen LogP contribution in [0, 0.1) is 5.82 Å². The van der Waals surface area contributed by atoms with Crippen LogP contribution < -0.4 is 0 Å². The van der Waals surface area contributed by atoms with Crippen LogP contribution in [0.15, 0.2) is 36.7 Å². The minimum Gasteiger partial charge on any atom is -0.341 e. The summed E-state index contributed by atoms with van der Waals surface area (Å²) in [6.45, 7) is 3.48. The van der Waals surface area contributed by atoms with Crippen molar-refractivity contribution in [1.82, 2.24) is 24.5 Å². The molecule has 1 amide bonds. The number of amides is 1. The molecule has 146 valence electrons. The van der Waals surface area contributed by atoms with Crippen LogP contribution in [-0.2, 0) is 11.3 Å². The first-order valence-corrected chi connectivity index (χ1v) is 9.34. The van der Waals surface area contributed by atoms with Crippen molar-refractivity contribution < 1.29 is 9.18 Å². The smallest absolute Gasteiger partial charge is 0.223 e. The summed E-state index contributed by atoms with van der Waals surface area (Å²) in [6, 6.07) is 6.71. The number of hydrogen-bond acceptors (Lipinski definition) is 4. The Balaban J connectivity index is 1.49. The maximum Gasteiger partial charge on any atom is 0.223 e. The Morgan fingerprint density at radius 2 is 2.04 bits per heavy atom. The van der Waals surface area contributed by atoms with Crippen molar-refractivity contribution in [2.45, 2.75) is 25.4 Å². The minimum absolute atomic E-state index is 0.128. The molecule has 1 fully saturated rings. The van der Waals surface area contributed by atoms with E-state index in [4.69, 9.17) is 0 Å². The molecule has 2 heterocycles. The van der Waals surface area contributed by atoms with Crippen molar-refractivity contribution in [1.29, 1.82) is 0 Å². The van der Waals surface area contributed by atoms with Crippen LogP contribution in [0.3, 0.4) is 0 Å². The van der Waals surface area contributed by atoms with Crippen molar-refractivity contribution in [3.8, 4) is 5.69 Å². The third-order valence-corrected chi connectivity index (χ3v) is 5.24. The Hall–Kier alpha value is -2.25. The van der Waals surface area contributed by atoms with Gasteiger partial charge in [0.2, 0.25) is 5.91 Å². The van der Waals surface area contributed by atoms with Crippen molar-refractivity contribution in [2.24, 2.45) is 0 Å². The Morgan fingerprint density at radius 3 is 2.70 bits per heavy atom. The molecule has 0 aliphatic carbocycles. The highest BCUT2D eigenvalue weighted by Crippen LogP contribution is 2.14. The zero-order chi connectivity index (χ0) is 19.4. The van der Waals surface area contributed by atoms with E-state index in [1.165, 1.54) is 18.6 Å². The molecule has 0 N–H and O–H groups in total. The molecule has 27 heavy (non-hydrogen) atoms. The summed E-state index contributed by atoms with van der Waals surface area (Å²) in [5.41, 5.74) is 1.74. The van der Waals surface area contributed by atoms with E-state index in [-0.39, 0.29) is 11.7 Å². The molecule has 1 atom stereocenters. The number of carbonyl (C=O) groups excluding carboxylic acids is 1. The maximum atomic E-state index is 13.0. The van der Waals surface area contributed by atoms with Gasteiger partial charge < -0.3 is 14.7 Å². The first kappa shape index (κ1) is 19.5. The van der Waals surface area contributed by atoms with Crippen LogP contribution >= 0.6 is 0 Å². The normalized spacial score (nSPS) is 17.6. The molecule has 1 unspecified atom stereocenters. The summed E-state index contributed by atoms with van der Waals surface area (Å²) in [5.74, 6) is -0.145. The second kappa shape index (κ2) is 8.63. The van der Waals surface area contributed by atoms with Gasteiger partial charge in [0.1, 0.15) is 5.82 Å². The third-order valence-electron chi connectivity index (χ3n) is 5.24. The lowest BCUT2D eigenvalue weighted by molar-refractivity contribution is -0.130. The maximum absolute atomic E-state index is 13.0. The molecular formula is C20H28FN5O. The summed E-state index contributed by atoms with van der Waals surface area (Å²) in [6.07, 6.45) is 5.30. The SMILES string of the molecule is CN1CCC(N(C)CCC(=O)N(C)Cc2cnn(-c3ccc(F)cc3)c2)C1. The quantitative estimate of drug-likeness (QED) is 0.745. The monoisotopic (exact) mass is 373 g/mol. The second-order valence-corrected chi connectivity index (χ2v) is 7.45.